The molecular formula is C32H31FN6O2. The third kappa shape index (κ3) is 4.18. The monoisotopic (exact) mass is 550 g/mol. The molecule has 3 aliphatic heterocycles. The molecule has 2 amide bonds. The molecule has 7 rings (SSSR count). The molecule has 9 heteroatoms. The van der Waals surface area contributed by atoms with E-state index in [2.05, 4.69) is 46.8 Å². The number of carbonyl (C=O) groups is 2. The molecule has 0 radical (unpaired) electrons. The number of aromatic nitrogens is 3. The molecule has 4 aromatic rings. The smallest absolute Gasteiger partial charge is 0.259 e. The van der Waals surface area contributed by atoms with Gasteiger partial charge in [-0.15, -0.1) is 0 Å². The second-order valence-corrected chi connectivity index (χ2v) is 11.6. The Morgan fingerprint density at radius 3 is 2.73 bits per heavy atom. The normalized spacial score (nSPS) is 20.1. The van der Waals surface area contributed by atoms with E-state index in [4.69, 9.17) is 5.10 Å². The van der Waals surface area contributed by atoms with E-state index in [-0.39, 0.29) is 23.2 Å². The summed E-state index contributed by atoms with van der Waals surface area (Å²) >= 11 is 0. The summed E-state index contributed by atoms with van der Waals surface area (Å²) in [6.07, 6.45) is 9.17. The number of carbonyl (C=O) groups excluding carboxylic acids is 2. The zero-order valence-electron chi connectivity index (χ0n) is 22.9. The van der Waals surface area contributed by atoms with Gasteiger partial charge < -0.3 is 10.2 Å². The third-order valence-corrected chi connectivity index (χ3v) is 8.91. The number of hydrogen-bond donors (Lipinski definition) is 1. The lowest BCUT2D eigenvalue weighted by Crippen LogP contribution is -2.51. The third-order valence-electron chi connectivity index (χ3n) is 8.91. The molecule has 0 saturated carbocycles. The van der Waals surface area contributed by atoms with Gasteiger partial charge >= 0.3 is 0 Å². The van der Waals surface area contributed by atoms with E-state index in [1.165, 1.54) is 6.07 Å². The van der Waals surface area contributed by atoms with Gasteiger partial charge in [0.15, 0.2) is 11.6 Å². The zero-order valence-corrected chi connectivity index (χ0v) is 22.9. The van der Waals surface area contributed by atoms with Crippen LogP contribution < -0.4 is 15.1 Å². The van der Waals surface area contributed by atoms with Gasteiger partial charge in [0.1, 0.15) is 6.04 Å². The van der Waals surface area contributed by atoms with E-state index in [1.54, 1.807) is 17.2 Å². The number of rotatable bonds is 5. The molecule has 2 fully saturated rings. The topological polar surface area (TPSA) is 83.4 Å². The molecular weight excluding hydrogens is 519 g/mol. The highest BCUT2D eigenvalue weighted by Gasteiger charge is 2.40. The summed E-state index contributed by atoms with van der Waals surface area (Å²) in [5, 5.41) is 9.48. The zero-order chi connectivity index (χ0) is 28.3. The first kappa shape index (κ1) is 25.4. The Labute approximate surface area is 237 Å². The fourth-order valence-electron chi connectivity index (χ4n) is 6.54. The van der Waals surface area contributed by atoms with Crippen LogP contribution in [-0.2, 0) is 16.8 Å². The van der Waals surface area contributed by atoms with Gasteiger partial charge in [0.05, 0.1) is 17.4 Å². The van der Waals surface area contributed by atoms with Crippen molar-refractivity contribution in [3.05, 3.63) is 95.8 Å². The van der Waals surface area contributed by atoms with E-state index < -0.39 is 6.04 Å². The van der Waals surface area contributed by atoms with E-state index in [9.17, 15) is 14.0 Å². The first-order valence-corrected chi connectivity index (χ1v) is 14.1. The fraction of sp³-hybridized carbons (Fsp3) is 0.312. The van der Waals surface area contributed by atoms with Crippen LogP contribution >= 0.6 is 0 Å². The molecule has 1 unspecified atom stereocenters. The Bertz CT molecular complexity index is 1720. The van der Waals surface area contributed by atoms with E-state index in [0.29, 0.717) is 49.4 Å². The number of anilines is 2. The Balaban J connectivity index is 1.13. The Kier molecular flexibility index (Phi) is 5.92. The van der Waals surface area contributed by atoms with Gasteiger partial charge in [0, 0.05) is 48.6 Å². The number of amides is 2. The van der Waals surface area contributed by atoms with Gasteiger partial charge in [0.25, 0.3) is 5.91 Å². The SMILES string of the molecule is C=C1CCC(N2C(=O)c3cccc4c(Cc5cnn(C6(C)CCN(c7ncccc7F)CC6)c5)ccc2c34)C(=O)N1. The van der Waals surface area contributed by atoms with Crippen molar-refractivity contribution in [2.24, 2.45) is 0 Å². The van der Waals surface area contributed by atoms with Crippen molar-refractivity contribution in [1.29, 1.82) is 0 Å². The number of benzene rings is 2. The molecule has 2 saturated heterocycles. The van der Waals surface area contributed by atoms with Crippen LogP contribution in [0.2, 0.25) is 0 Å². The maximum Gasteiger partial charge on any atom is 0.259 e. The lowest BCUT2D eigenvalue weighted by molar-refractivity contribution is -0.122. The molecule has 0 spiro atoms. The van der Waals surface area contributed by atoms with Crippen molar-refractivity contribution >= 4 is 34.1 Å². The Morgan fingerprint density at radius 1 is 1.12 bits per heavy atom. The van der Waals surface area contributed by atoms with Crippen molar-refractivity contribution in [2.45, 2.75) is 50.6 Å². The van der Waals surface area contributed by atoms with Crippen molar-refractivity contribution in [2.75, 3.05) is 22.9 Å². The van der Waals surface area contributed by atoms with Crippen molar-refractivity contribution in [3.63, 3.8) is 0 Å². The van der Waals surface area contributed by atoms with Crippen LogP contribution in [0.3, 0.4) is 0 Å². The molecule has 5 heterocycles. The van der Waals surface area contributed by atoms with Crippen molar-refractivity contribution in [3.8, 4) is 0 Å². The molecule has 2 aromatic heterocycles. The van der Waals surface area contributed by atoms with E-state index in [0.717, 1.165) is 40.4 Å². The molecule has 41 heavy (non-hydrogen) atoms. The lowest BCUT2D eigenvalue weighted by atomic mass is 9.89. The minimum atomic E-state index is -0.547. The Morgan fingerprint density at radius 2 is 1.95 bits per heavy atom. The largest absolute Gasteiger partial charge is 0.354 e. The second-order valence-electron chi connectivity index (χ2n) is 11.6. The average molecular weight is 551 g/mol. The number of piperidine rings is 2. The predicted molar refractivity (Wildman–Crippen MR) is 155 cm³/mol. The highest BCUT2D eigenvalue weighted by atomic mass is 19.1. The predicted octanol–water partition coefficient (Wildman–Crippen LogP) is 4.93. The van der Waals surface area contributed by atoms with Crippen LogP contribution in [0.4, 0.5) is 15.9 Å². The number of hydrogen-bond acceptors (Lipinski definition) is 5. The highest BCUT2D eigenvalue weighted by Crippen LogP contribution is 2.42. The lowest BCUT2D eigenvalue weighted by Gasteiger charge is -2.40. The van der Waals surface area contributed by atoms with Crippen molar-refractivity contribution < 1.29 is 14.0 Å². The van der Waals surface area contributed by atoms with Gasteiger partial charge in [0.2, 0.25) is 5.91 Å². The molecule has 0 aliphatic carbocycles. The standard InChI is InChI=1S/C32H31FN6O2/c1-20-8-10-27(30(40)36-20)39-26-11-9-22(23-5-3-6-24(28(23)26)31(39)41)17-21-18-35-38(19-21)32(2)12-15-37(16-13-32)29-25(33)7-4-14-34-29/h3-7,9,11,14,18-19,27H,1,8,10,12-13,15-17H2,2H3,(H,36,40). The van der Waals surface area contributed by atoms with Gasteiger partial charge in [-0.25, -0.2) is 9.37 Å². The van der Waals surface area contributed by atoms with E-state index in [1.807, 2.05) is 29.3 Å². The molecule has 8 nitrogen and oxygen atoms in total. The molecule has 1 atom stereocenters. The molecule has 0 bridgehead atoms. The number of nitrogens with zero attached hydrogens (tertiary/aromatic N) is 5. The summed E-state index contributed by atoms with van der Waals surface area (Å²) in [7, 11) is 0. The number of pyridine rings is 1. The molecule has 1 N–H and O–H groups in total. The van der Waals surface area contributed by atoms with Crippen molar-refractivity contribution in [1.82, 2.24) is 20.1 Å². The van der Waals surface area contributed by atoms with Gasteiger partial charge in [-0.3, -0.25) is 19.2 Å². The number of halogens is 1. The van der Waals surface area contributed by atoms with Crippen LogP contribution in [0.1, 0.15) is 54.1 Å². The summed E-state index contributed by atoms with van der Waals surface area (Å²) < 4.78 is 16.3. The quantitative estimate of drug-likeness (QED) is 0.381. The fourth-order valence-corrected chi connectivity index (χ4v) is 6.54. The number of allylic oxidation sites excluding steroid dienone is 1. The summed E-state index contributed by atoms with van der Waals surface area (Å²) in [5.74, 6) is -0.195. The Hall–Kier alpha value is -4.53. The minimum Gasteiger partial charge on any atom is -0.354 e. The average Bonchev–Trinajstić information content (AvgIpc) is 3.55. The van der Waals surface area contributed by atoms with Gasteiger partial charge in [-0.05, 0) is 73.4 Å². The maximum absolute atomic E-state index is 14.3. The van der Waals surface area contributed by atoms with Crippen LogP contribution in [0.15, 0.2) is 73.3 Å². The summed E-state index contributed by atoms with van der Waals surface area (Å²) in [5.41, 5.74) is 4.12. The van der Waals surface area contributed by atoms with Crippen LogP contribution in [0.5, 0.6) is 0 Å². The van der Waals surface area contributed by atoms with Crippen LogP contribution in [0.25, 0.3) is 10.8 Å². The van der Waals surface area contributed by atoms with Crippen LogP contribution in [0, 0.1) is 5.82 Å². The number of nitrogens with one attached hydrogen (secondary N) is 1. The molecule has 208 valence electrons. The second kappa shape index (κ2) is 9.54. The van der Waals surface area contributed by atoms with E-state index >= 15 is 0 Å². The first-order chi connectivity index (χ1) is 19.8. The summed E-state index contributed by atoms with van der Waals surface area (Å²) in [6.45, 7) is 7.47. The molecule has 3 aliphatic rings. The summed E-state index contributed by atoms with van der Waals surface area (Å²) in [6, 6.07) is 12.4. The highest BCUT2D eigenvalue weighted by molar-refractivity contribution is 6.27. The molecule has 2 aromatic carbocycles. The summed E-state index contributed by atoms with van der Waals surface area (Å²) in [4.78, 5) is 34.2. The van der Waals surface area contributed by atoms with Gasteiger partial charge in [-0.1, -0.05) is 24.8 Å². The maximum atomic E-state index is 14.3. The van der Waals surface area contributed by atoms with Gasteiger partial charge in [-0.2, -0.15) is 5.10 Å². The minimum absolute atomic E-state index is 0.131. The first-order valence-electron chi connectivity index (χ1n) is 14.1. The van der Waals surface area contributed by atoms with Crippen LogP contribution in [-0.4, -0.2) is 45.7 Å².